The number of alkyl carbamates (subject to hydrolysis) is 1. The van der Waals surface area contributed by atoms with Gasteiger partial charge in [0.25, 0.3) is 0 Å². The fraction of sp³-hybridized carbons (Fsp3) is 0.655. The van der Waals surface area contributed by atoms with Crippen LogP contribution in [0.15, 0.2) is 24.3 Å². The summed E-state index contributed by atoms with van der Waals surface area (Å²) in [6, 6.07) is 8.34. The fourth-order valence-corrected chi connectivity index (χ4v) is 6.86. The fourth-order valence-electron chi connectivity index (χ4n) is 5.93. The van der Waals surface area contributed by atoms with Crippen LogP contribution in [0.2, 0.25) is 0 Å². The second-order valence-corrected chi connectivity index (χ2v) is 13.0. The molecule has 3 atom stereocenters. The first-order valence-electron chi connectivity index (χ1n) is 14.0. The summed E-state index contributed by atoms with van der Waals surface area (Å²) in [4.78, 5) is 12.2. The summed E-state index contributed by atoms with van der Waals surface area (Å²) in [7, 11) is 0. The Labute approximate surface area is 238 Å². The third-order valence-corrected chi connectivity index (χ3v) is 8.90. The minimum absolute atomic E-state index is 0.0637. The average Bonchev–Trinajstić information content (AvgIpc) is 3.30. The standard InChI is InChI=1S/C29H40IN3O5/c1-5-36-27(34)26-24(30)25(17-6-12-22(13-7-17)37-23-15-18-14-19(18)16-23)32-33(26)21-10-8-20(9-11-21)31-28(35)38-29(2,3)4/h6-7,12-13,18-21,23,27,34H,5,8-11,14-16H2,1-4H3,(H,31,35)/t18?,19?,20-,21+,23?,27?. The Balaban J connectivity index is 1.29. The van der Waals surface area contributed by atoms with Gasteiger partial charge in [-0.1, -0.05) is 0 Å². The molecule has 0 bridgehead atoms. The van der Waals surface area contributed by atoms with E-state index in [1.54, 1.807) is 0 Å². The number of fused-ring (bicyclic) bond motifs is 1. The number of nitrogens with one attached hydrogen (secondary N) is 1. The highest BCUT2D eigenvalue weighted by Gasteiger charge is 2.46. The lowest BCUT2D eigenvalue weighted by atomic mass is 9.91. The van der Waals surface area contributed by atoms with Gasteiger partial charge in [-0.2, -0.15) is 5.10 Å². The minimum Gasteiger partial charge on any atom is -0.490 e. The molecule has 3 unspecified atom stereocenters. The Kier molecular flexibility index (Phi) is 8.26. The molecule has 3 aliphatic carbocycles. The lowest BCUT2D eigenvalue weighted by Gasteiger charge is -2.31. The third kappa shape index (κ3) is 6.47. The van der Waals surface area contributed by atoms with Crippen molar-refractivity contribution in [3.63, 3.8) is 0 Å². The lowest BCUT2D eigenvalue weighted by Crippen LogP contribution is -2.41. The van der Waals surface area contributed by atoms with E-state index >= 15 is 0 Å². The van der Waals surface area contributed by atoms with Crippen LogP contribution in [0.3, 0.4) is 0 Å². The molecule has 9 heteroatoms. The van der Waals surface area contributed by atoms with E-state index in [-0.39, 0.29) is 18.2 Å². The summed E-state index contributed by atoms with van der Waals surface area (Å²) < 4.78 is 20.1. The van der Waals surface area contributed by atoms with E-state index < -0.39 is 11.9 Å². The number of carbonyl (C=O) groups is 1. The molecule has 5 rings (SSSR count). The predicted molar refractivity (Wildman–Crippen MR) is 153 cm³/mol. The van der Waals surface area contributed by atoms with Crippen molar-refractivity contribution in [2.75, 3.05) is 6.61 Å². The maximum absolute atomic E-state index is 12.2. The molecule has 0 radical (unpaired) electrons. The minimum atomic E-state index is -1.05. The number of benzene rings is 1. The quantitative estimate of drug-likeness (QED) is 0.258. The van der Waals surface area contributed by atoms with E-state index in [1.165, 1.54) is 19.3 Å². The Hall–Kier alpha value is -1.85. The smallest absolute Gasteiger partial charge is 0.407 e. The molecule has 1 heterocycles. The van der Waals surface area contributed by atoms with E-state index in [2.05, 4.69) is 40.0 Å². The van der Waals surface area contributed by atoms with Gasteiger partial charge < -0.3 is 24.6 Å². The number of ether oxygens (including phenoxy) is 3. The van der Waals surface area contributed by atoms with E-state index in [0.29, 0.717) is 18.4 Å². The third-order valence-electron chi connectivity index (χ3n) is 7.84. The van der Waals surface area contributed by atoms with Gasteiger partial charge in [-0.3, -0.25) is 4.68 Å². The summed E-state index contributed by atoms with van der Waals surface area (Å²) in [6.45, 7) is 7.87. The van der Waals surface area contributed by atoms with Crippen molar-refractivity contribution in [2.24, 2.45) is 11.8 Å². The van der Waals surface area contributed by atoms with Gasteiger partial charge in [0, 0.05) is 18.2 Å². The normalized spacial score (nSPS) is 27.5. The topological polar surface area (TPSA) is 94.8 Å². The van der Waals surface area contributed by atoms with E-state index in [1.807, 2.05) is 44.5 Å². The largest absolute Gasteiger partial charge is 0.490 e. The molecule has 2 aromatic rings. The van der Waals surface area contributed by atoms with Crippen LogP contribution in [0.1, 0.15) is 90.7 Å². The molecule has 38 heavy (non-hydrogen) atoms. The molecule has 3 fully saturated rings. The number of aromatic nitrogens is 2. The number of hydrogen-bond donors (Lipinski definition) is 2. The molecule has 0 aliphatic heterocycles. The second kappa shape index (κ2) is 11.3. The van der Waals surface area contributed by atoms with Crippen molar-refractivity contribution in [2.45, 2.75) is 103 Å². The van der Waals surface area contributed by atoms with Gasteiger partial charge in [0.1, 0.15) is 22.7 Å². The monoisotopic (exact) mass is 637 g/mol. The molecule has 1 aromatic heterocycles. The molecule has 3 saturated carbocycles. The van der Waals surface area contributed by atoms with E-state index in [0.717, 1.165) is 58.1 Å². The maximum Gasteiger partial charge on any atom is 0.407 e. The molecular formula is C29H40IN3O5. The van der Waals surface area contributed by atoms with Crippen LogP contribution in [-0.2, 0) is 9.47 Å². The summed E-state index contributed by atoms with van der Waals surface area (Å²) in [5.74, 6) is 2.69. The van der Waals surface area contributed by atoms with Crippen molar-refractivity contribution in [1.29, 1.82) is 0 Å². The number of nitrogens with zero attached hydrogens (tertiary/aromatic N) is 2. The van der Waals surface area contributed by atoms with Gasteiger partial charge in [0.2, 0.25) is 0 Å². The lowest BCUT2D eigenvalue weighted by molar-refractivity contribution is -0.105. The zero-order valence-electron chi connectivity index (χ0n) is 22.8. The highest BCUT2D eigenvalue weighted by Crippen LogP contribution is 2.52. The molecule has 0 saturated heterocycles. The maximum atomic E-state index is 12.2. The number of halogens is 1. The van der Waals surface area contributed by atoms with Gasteiger partial charge in [0.05, 0.1) is 15.7 Å². The first-order valence-corrected chi connectivity index (χ1v) is 15.0. The Morgan fingerprint density at radius 3 is 2.39 bits per heavy atom. The van der Waals surface area contributed by atoms with Crippen LogP contribution in [0.25, 0.3) is 11.3 Å². The van der Waals surface area contributed by atoms with Crippen molar-refractivity contribution in [3.8, 4) is 17.0 Å². The number of amides is 1. The Morgan fingerprint density at radius 1 is 1.13 bits per heavy atom. The Morgan fingerprint density at radius 2 is 1.79 bits per heavy atom. The zero-order valence-corrected chi connectivity index (χ0v) is 24.9. The van der Waals surface area contributed by atoms with Crippen molar-refractivity contribution in [1.82, 2.24) is 15.1 Å². The summed E-state index contributed by atoms with van der Waals surface area (Å²) in [6.07, 6.45) is 5.97. The highest BCUT2D eigenvalue weighted by atomic mass is 127. The molecule has 8 nitrogen and oxygen atoms in total. The molecule has 2 N–H and O–H groups in total. The van der Waals surface area contributed by atoms with Crippen molar-refractivity contribution in [3.05, 3.63) is 33.5 Å². The first-order chi connectivity index (χ1) is 18.1. The molecule has 0 spiro atoms. The summed E-state index contributed by atoms with van der Waals surface area (Å²) in [5, 5.41) is 18.9. The van der Waals surface area contributed by atoms with Gasteiger partial charge in [-0.05, 0) is 131 Å². The molecule has 208 valence electrons. The zero-order chi connectivity index (χ0) is 27.0. The van der Waals surface area contributed by atoms with Crippen molar-refractivity contribution < 1.29 is 24.1 Å². The van der Waals surface area contributed by atoms with Crippen LogP contribution in [0.4, 0.5) is 4.79 Å². The predicted octanol–water partition coefficient (Wildman–Crippen LogP) is 6.37. The molecular weight excluding hydrogens is 597 g/mol. The number of aliphatic hydroxyl groups is 1. The Bertz CT molecular complexity index is 1110. The van der Waals surface area contributed by atoms with Gasteiger partial charge in [-0.15, -0.1) is 0 Å². The van der Waals surface area contributed by atoms with Crippen LogP contribution in [0.5, 0.6) is 5.75 Å². The van der Waals surface area contributed by atoms with Gasteiger partial charge in [-0.25, -0.2) is 4.79 Å². The second-order valence-electron chi connectivity index (χ2n) is 11.9. The highest BCUT2D eigenvalue weighted by molar-refractivity contribution is 14.1. The summed E-state index contributed by atoms with van der Waals surface area (Å²) >= 11 is 2.28. The molecule has 1 amide bonds. The van der Waals surface area contributed by atoms with Crippen LogP contribution in [0, 0.1) is 15.4 Å². The van der Waals surface area contributed by atoms with Gasteiger partial charge in [0.15, 0.2) is 6.29 Å². The number of aliphatic hydroxyl groups excluding tert-OH is 1. The van der Waals surface area contributed by atoms with E-state index in [9.17, 15) is 9.90 Å². The van der Waals surface area contributed by atoms with Crippen LogP contribution >= 0.6 is 22.6 Å². The number of carbonyl (C=O) groups excluding carboxylic acids is 1. The molecule has 3 aliphatic rings. The molecule has 1 aromatic carbocycles. The summed E-state index contributed by atoms with van der Waals surface area (Å²) in [5.41, 5.74) is 1.99. The van der Waals surface area contributed by atoms with Crippen LogP contribution in [-0.4, -0.2) is 45.3 Å². The average molecular weight is 638 g/mol. The van der Waals surface area contributed by atoms with Gasteiger partial charge >= 0.3 is 6.09 Å². The SMILES string of the molecule is CCOC(O)c1c(I)c(-c2ccc(OC3CC4CC4C3)cc2)nn1[C@H]1CC[C@@H](NC(=O)OC(C)(C)C)CC1. The van der Waals surface area contributed by atoms with Crippen LogP contribution < -0.4 is 10.1 Å². The number of hydrogen-bond acceptors (Lipinski definition) is 6. The number of rotatable bonds is 8. The first kappa shape index (κ1) is 27.7. The van der Waals surface area contributed by atoms with Crippen molar-refractivity contribution >= 4 is 28.7 Å². The van der Waals surface area contributed by atoms with E-state index in [4.69, 9.17) is 19.3 Å².